The van der Waals surface area contributed by atoms with E-state index in [1.54, 1.807) is 0 Å². The molecular formula is C7H16ClNO. The molecule has 3 heteroatoms. The molecule has 10 heavy (non-hydrogen) atoms. The maximum absolute atomic E-state index is 5.49. The van der Waals surface area contributed by atoms with E-state index in [0.29, 0.717) is 6.10 Å². The van der Waals surface area contributed by atoms with E-state index in [9.17, 15) is 0 Å². The van der Waals surface area contributed by atoms with Crippen molar-refractivity contribution in [1.29, 1.82) is 0 Å². The molecule has 1 aliphatic rings. The summed E-state index contributed by atoms with van der Waals surface area (Å²) in [5, 5.41) is 3.26. The van der Waals surface area contributed by atoms with E-state index in [1.807, 2.05) is 0 Å². The quantitative estimate of drug-likeness (QED) is 0.679. The molecule has 0 radical (unpaired) electrons. The van der Waals surface area contributed by atoms with Crippen LogP contribution in [0, 0.1) is 0 Å². The zero-order valence-corrected chi connectivity index (χ0v) is 7.25. The maximum Gasteiger partial charge on any atom is 0.0711 e. The molecule has 0 aromatic carbocycles. The normalized spacial score (nSPS) is 24.3. The van der Waals surface area contributed by atoms with Crippen molar-refractivity contribution in [1.82, 2.24) is 5.32 Å². The van der Waals surface area contributed by atoms with Crippen LogP contribution in [0.3, 0.4) is 0 Å². The summed E-state index contributed by atoms with van der Waals surface area (Å²) in [6.45, 7) is 5.25. The summed E-state index contributed by atoms with van der Waals surface area (Å²) in [6, 6.07) is 0. The second-order valence-electron chi connectivity index (χ2n) is 2.49. The van der Waals surface area contributed by atoms with Crippen molar-refractivity contribution in [3.63, 3.8) is 0 Å². The third-order valence-electron chi connectivity index (χ3n) is 1.57. The van der Waals surface area contributed by atoms with E-state index < -0.39 is 0 Å². The van der Waals surface area contributed by atoms with E-state index in [4.69, 9.17) is 4.74 Å². The minimum atomic E-state index is 0. The Morgan fingerprint density at radius 2 is 2.40 bits per heavy atom. The van der Waals surface area contributed by atoms with Crippen molar-refractivity contribution >= 4 is 12.4 Å². The Bertz CT molecular complexity index is 74.0. The molecule has 1 heterocycles. The van der Waals surface area contributed by atoms with Crippen LogP contribution in [0.2, 0.25) is 0 Å². The highest BCUT2D eigenvalue weighted by Crippen LogP contribution is 2.02. The lowest BCUT2D eigenvalue weighted by molar-refractivity contribution is 0.0676. The first-order valence-electron chi connectivity index (χ1n) is 3.76. The maximum atomic E-state index is 5.49. The smallest absolute Gasteiger partial charge is 0.0711 e. The molecular weight excluding hydrogens is 150 g/mol. The van der Waals surface area contributed by atoms with Gasteiger partial charge in [-0.25, -0.2) is 0 Å². The molecule has 1 rings (SSSR count). The van der Waals surface area contributed by atoms with Crippen LogP contribution in [0.1, 0.15) is 19.8 Å². The van der Waals surface area contributed by atoms with Gasteiger partial charge in [0.2, 0.25) is 0 Å². The molecule has 1 fully saturated rings. The fourth-order valence-electron chi connectivity index (χ4n) is 1.05. The molecule has 0 bridgehead atoms. The first-order valence-corrected chi connectivity index (χ1v) is 3.76. The van der Waals surface area contributed by atoms with Crippen LogP contribution < -0.4 is 5.32 Å². The fraction of sp³-hybridized carbons (Fsp3) is 1.00. The van der Waals surface area contributed by atoms with Gasteiger partial charge in [0.15, 0.2) is 0 Å². The van der Waals surface area contributed by atoms with Crippen LogP contribution in [-0.2, 0) is 4.74 Å². The molecule has 0 aliphatic carbocycles. The standard InChI is InChI=1S/C7H15NO.ClH/c1-2-5-9-7-3-4-8-6-7;/h7-8H,2-6H2,1H3;1H. The summed E-state index contributed by atoms with van der Waals surface area (Å²) in [7, 11) is 0. The largest absolute Gasteiger partial charge is 0.377 e. The van der Waals surface area contributed by atoms with Crippen LogP contribution in [0.15, 0.2) is 0 Å². The van der Waals surface area contributed by atoms with Crippen molar-refractivity contribution in [2.24, 2.45) is 0 Å². The Balaban J connectivity index is 0.000000810. The molecule has 1 saturated heterocycles. The summed E-state index contributed by atoms with van der Waals surface area (Å²) in [4.78, 5) is 0. The molecule has 0 amide bonds. The zero-order chi connectivity index (χ0) is 6.53. The predicted octanol–water partition coefficient (Wildman–Crippen LogP) is 1.20. The van der Waals surface area contributed by atoms with Crippen molar-refractivity contribution in [3.05, 3.63) is 0 Å². The molecule has 1 atom stereocenters. The molecule has 0 spiro atoms. The second kappa shape index (κ2) is 5.96. The molecule has 1 unspecified atom stereocenters. The van der Waals surface area contributed by atoms with Crippen LogP contribution in [0.4, 0.5) is 0 Å². The number of halogens is 1. The zero-order valence-electron chi connectivity index (χ0n) is 6.43. The van der Waals surface area contributed by atoms with Gasteiger partial charge in [-0.1, -0.05) is 6.92 Å². The minimum Gasteiger partial charge on any atom is -0.377 e. The summed E-state index contributed by atoms with van der Waals surface area (Å²) >= 11 is 0. The van der Waals surface area contributed by atoms with Gasteiger partial charge in [-0.05, 0) is 19.4 Å². The topological polar surface area (TPSA) is 21.3 Å². The number of hydrogen-bond acceptors (Lipinski definition) is 2. The Morgan fingerprint density at radius 3 is 2.90 bits per heavy atom. The Morgan fingerprint density at radius 1 is 1.60 bits per heavy atom. The van der Waals surface area contributed by atoms with E-state index in [1.165, 1.54) is 6.42 Å². The summed E-state index contributed by atoms with van der Waals surface area (Å²) < 4.78 is 5.49. The summed E-state index contributed by atoms with van der Waals surface area (Å²) in [5.41, 5.74) is 0. The Kier molecular flexibility index (Phi) is 6.08. The number of rotatable bonds is 3. The highest BCUT2D eigenvalue weighted by Gasteiger charge is 2.13. The summed E-state index contributed by atoms with van der Waals surface area (Å²) in [5.74, 6) is 0. The van der Waals surface area contributed by atoms with Gasteiger partial charge in [-0.15, -0.1) is 12.4 Å². The molecule has 0 aromatic rings. The molecule has 0 saturated carbocycles. The van der Waals surface area contributed by atoms with E-state index in [0.717, 1.165) is 26.1 Å². The van der Waals surface area contributed by atoms with Crippen LogP contribution in [-0.4, -0.2) is 25.8 Å². The average molecular weight is 166 g/mol. The van der Waals surface area contributed by atoms with Crippen LogP contribution in [0.25, 0.3) is 0 Å². The number of nitrogens with one attached hydrogen (secondary N) is 1. The predicted molar refractivity (Wildman–Crippen MR) is 44.8 cm³/mol. The first-order chi connectivity index (χ1) is 4.43. The van der Waals surface area contributed by atoms with Crippen molar-refractivity contribution < 1.29 is 4.74 Å². The van der Waals surface area contributed by atoms with Gasteiger partial charge in [0.1, 0.15) is 0 Å². The van der Waals surface area contributed by atoms with Crippen molar-refractivity contribution in [3.8, 4) is 0 Å². The number of ether oxygens (including phenoxy) is 1. The first kappa shape index (κ1) is 10.2. The van der Waals surface area contributed by atoms with Gasteiger partial charge >= 0.3 is 0 Å². The average Bonchev–Trinajstić information content (AvgIpc) is 2.34. The van der Waals surface area contributed by atoms with Gasteiger partial charge in [-0.2, -0.15) is 0 Å². The van der Waals surface area contributed by atoms with Crippen LogP contribution in [0.5, 0.6) is 0 Å². The monoisotopic (exact) mass is 165 g/mol. The lowest BCUT2D eigenvalue weighted by Crippen LogP contribution is -2.16. The van der Waals surface area contributed by atoms with Gasteiger partial charge in [0.25, 0.3) is 0 Å². The van der Waals surface area contributed by atoms with Crippen molar-refractivity contribution in [2.75, 3.05) is 19.7 Å². The molecule has 1 N–H and O–H groups in total. The highest BCUT2D eigenvalue weighted by atomic mass is 35.5. The molecule has 2 nitrogen and oxygen atoms in total. The lowest BCUT2D eigenvalue weighted by atomic mass is 10.3. The third kappa shape index (κ3) is 3.40. The molecule has 1 aliphatic heterocycles. The van der Waals surface area contributed by atoms with E-state index in [-0.39, 0.29) is 12.4 Å². The highest BCUT2D eigenvalue weighted by molar-refractivity contribution is 5.85. The third-order valence-corrected chi connectivity index (χ3v) is 1.57. The number of hydrogen-bond donors (Lipinski definition) is 1. The van der Waals surface area contributed by atoms with Gasteiger partial charge < -0.3 is 10.1 Å². The van der Waals surface area contributed by atoms with Crippen molar-refractivity contribution in [2.45, 2.75) is 25.9 Å². The SMILES string of the molecule is CCCOC1CCNC1.Cl. The Hall–Kier alpha value is 0.210. The Labute approximate surface area is 68.7 Å². The minimum absolute atomic E-state index is 0. The lowest BCUT2D eigenvalue weighted by Gasteiger charge is -2.07. The van der Waals surface area contributed by atoms with Gasteiger partial charge in [0, 0.05) is 13.2 Å². The summed E-state index contributed by atoms with van der Waals surface area (Å²) in [6.07, 6.45) is 2.83. The van der Waals surface area contributed by atoms with Crippen LogP contribution >= 0.6 is 12.4 Å². The fourth-order valence-corrected chi connectivity index (χ4v) is 1.05. The second-order valence-corrected chi connectivity index (χ2v) is 2.49. The molecule has 0 aromatic heterocycles. The van der Waals surface area contributed by atoms with Gasteiger partial charge in [-0.3, -0.25) is 0 Å². The van der Waals surface area contributed by atoms with E-state index in [2.05, 4.69) is 12.2 Å². The van der Waals surface area contributed by atoms with E-state index >= 15 is 0 Å². The van der Waals surface area contributed by atoms with Gasteiger partial charge in [0.05, 0.1) is 6.10 Å². The molecule has 62 valence electrons.